The molecule has 1 aliphatic heterocycles. The zero-order chi connectivity index (χ0) is 23.0. The zero-order valence-corrected chi connectivity index (χ0v) is 19.0. The number of benzene rings is 1. The summed E-state index contributed by atoms with van der Waals surface area (Å²) in [7, 11) is 0. The monoisotopic (exact) mass is 456 g/mol. The first-order valence-electron chi connectivity index (χ1n) is 12.0. The lowest BCUT2D eigenvalue weighted by Crippen LogP contribution is -2.51. The molecule has 2 heterocycles. The van der Waals surface area contributed by atoms with Crippen LogP contribution < -0.4 is 15.5 Å². The van der Waals surface area contributed by atoms with E-state index in [9.17, 15) is 14.0 Å². The molecule has 7 nitrogen and oxygen atoms in total. The second-order valence-corrected chi connectivity index (χ2v) is 8.88. The highest BCUT2D eigenvalue weighted by atomic mass is 19.1. The second-order valence-electron chi connectivity index (χ2n) is 8.88. The summed E-state index contributed by atoms with van der Waals surface area (Å²) >= 11 is 0. The van der Waals surface area contributed by atoms with Crippen molar-refractivity contribution in [3.05, 3.63) is 54.2 Å². The van der Waals surface area contributed by atoms with Gasteiger partial charge in [-0.2, -0.15) is 0 Å². The molecule has 2 amide bonds. The van der Waals surface area contributed by atoms with Crippen molar-refractivity contribution in [2.75, 3.05) is 37.6 Å². The molecule has 0 radical (unpaired) electrons. The van der Waals surface area contributed by atoms with Crippen LogP contribution in [0.2, 0.25) is 0 Å². The Hall–Kier alpha value is -2.87. The number of nitrogens with one attached hydrogen (secondary N) is 2. The number of hydrogen-bond acceptors (Lipinski definition) is 5. The van der Waals surface area contributed by atoms with Crippen LogP contribution in [0.15, 0.2) is 47.1 Å². The molecule has 1 aromatic heterocycles. The van der Waals surface area contributed by atoms with Gasteiger partial charge in [-0.05, 0) is 37.1 Å². The third-order valence-corrected chi connectivity index (χ3v) is 6.67. The molecule has 0 spiro atoms. The van der Waals surface area contributed by atoms with Crippen LogP contribution >= 0.6 is 0 Å². The molecule has 178 valence electrons. The van der Waals surface area contributed by atoms with Crippen LogP contribution in [0.4, 0.5) is 10.1 Å². The van der Waals surface area contributed by atoms with Gasteiger partial charge in [-0.25, -0.2) is 4.39 Å². The number of halogens is 1. The average Bonchev–Trinajstić information content (AvgIpc) is 3.24. The van der Waals surface area contributed by atoms with E-state index in [-0.39, 0.29) is 24.4 Å². The molecule has 2 fully saturated rings. The van der Waals surface area contributed by atoms with E-state index < -0.39 is 11.8 Å². The summed E-state index contributed by atoms with van der Waals surface area (Å²) in [6.45, 7) is 2.96. The molecule has 1 atom stereocenters. The Morgan fingerprint density at radius 2 is 1.70 bits per heavy atom. The Morgan fingerprint density at radius 1 is 0.970 bits per heavy atom. The first kappa shape index (κ1) is 23.3. The molecule has 33 heavy (non-hydrogen) atoms. The smallest absolute Gasteiger partial charge is 0.309 e. The molecular formula is C25H33FN4O3. The Labute approximate surface area is 194 Å². The first-order chi connectivity index (χ1) is 16.1. The highest BCUT2D eigenvalue weighted by Crippen LogP contribution is 2.25. The maximum atomic E-state index is 14.2. The fraction of sp³-hybridized carbons (Fsp3) is 0.520. The number of nitrogens with zero attached hydrogens (tertiary/aromatic N) is 2. The van der Waals surface area contributed by atoms with Gasteiger partial charge in [0.25, 0.3) is 0 Å². The number of carbonyl (C=O) groups excluding carboxylic acids is 2. The summed E-state index contributed by atoms with van der Waals surface area (Å²) in [6, 6.07) is 10.4. The van der Waals surface area contributed by atoms with E-state index in [1.165, 1.54) is 18.9 Å². The van der Waals surface area contributed by atoms with Crippen LogP contribution in [-0.2, 0) is 9.59 Å². The van der Waals surface area contributed by atoms with Crippen molar-refractivity contribution in [3.8, 4) is 0 Å². The molecule has 2 N–H and O–H groups in total. The summed E-state index contributed by atoms with van der Waals surface area (Å²) in [6.07, 6.45) is 8.03. The van der Waals surface area contributed by atoms with Crippen LogP contribution in [0.1, 0.15) is 50.3 Å². The van der Waals surface area contributed by atoms with Gasteiger partial charge in [-0.3, -0.25) is 14.5 Å². The Kier molecular flexibility index (Phi) is 7.99. The molecule has 1 saturated carbocycles. The molecular weight excluding hydrogens is 423 g/mol. The maximum absolute atomic E-state index is 14.2. The number of anilines is 1. The molecule has 4 rings (SSSR count). The molecule has 1 aliphatic carbocycles. The van der Waals surface area contributed by atoms with Crippen molar-refractivity contribution < 1.29 is 18.4 Å². The third kappa shape index (κ3) is 6.13. The molecule has 2 aliphatic rings. The van der Waals surface area contributed by atoms with Gasteiger partial charge in [0, 0.05) is 38.8 Å². The van der Waals surface area contributed by atoms with Gasteiger partial charge in [0.1, 0.15) is 11.6 Å². The molecule has 2 aromatic rings. The number of para-hydroxylation sites is 1. The molecule has 0 bridgehead atoms. The van der Waals surface area contributed by atoms with Crippen LogP contribution in [0.5, 0.6) is 0 Å². The fourth-order valence-corrected chi connectivity index (χ4v) is 4.82. The van der Waals surface area contributed by atoms with Crippen molar-refractivity contribution in [1.29, 1.82) is 0 Å². The highest BCUT2D eigenvalue weighted by molar-refractivity contribution is 6.35. The maximum Gasteiger partial charge on any atom is 0.309 e. The molecule has 1 saturated heterocycles. The summed E-state index contributed by atoms with van der Waals surface area (Å²) in [4.78, 5) is 29.2. The second kappa shape index (κ2) is 11.3. The summed E-state index contributed by atoms with van der Waals surface area (Å²) in [5, 5.41) is 5.69. The fourth-order valence-electron chi connectivity index (χ4n) is 4.82. The Balaban J connectivity index is 1.33. The van der Waals surface area contributed by atoms with Gasteiger partial charge in [-0.1, -0.05) is 37.8 Å². The highest BCUT2D eigenvalue weighted by Gasteiger charge is 2.29. The van der Waals surface area contributed by atoms with E-state index in [0.717, 1.165) is 31.4 Å². The van der Waals surface area contributed by atoms with Crippen LogP contribution in [-0.4, -0.2) is 55.5 Å². The summed E-state index contributed by atoms with van der Waals surface area (Å²) in [5.41, 5.74) is 0.607. The molecule has 8 heteroatoms. The van der Waals surface area contributed by atoms with Crippen LogP contribution in [0, 0.1) is 5.82 Å². The SMILES string of the molecule is O=C(NC[C@@H](c1ccco1)N1CCN(c2ccccc2F)CC1)C(=O)NC1CCCCCC1. The standard InChI is InChI=1S/C25H33FN4O3/c26-20-10-5-6-11-21(20)29-13-15-30(16-14-29)22(23-12-7-17-33-23)18-27-24(31)25(32)28-19-8-3-1-2-4-9-19/h5-7,10-12,17,19,22H,1-4,8-9,13-16,18H2,(H,27,31)(H,28,32)/t22-/m0/s1. The minimum absolute atomic E-state index is 0.0816. The largest absolute Gasteiger partial charge is 0.468 e. The van der Waals surface area contributed by atoms with Gasteiger partial charge in [0.05, 0.1) is 18.0 Å². The number of hydrogen-bond donors (Lipinski definition) is 2. The molecule has 1 aromatic carbocycles. The van der Waals surface area contributed by atoms with Crippen LogP contribution in [0.3, 0.4) is 0 Å². The van der Waals surface area contributed by atoms with Crippen molar-refractivity contribution in [1.82, 2.24) is 15.5 Å². The lowest BCUT2D eigenvalue weighted by Gasteiger charge is -2.39. The topological polar surface area (TPSA) is 77.8 Å². The van der Waals surface area contributed by atoms with E-state index >= 15 is 0 Å². The zero-order valence-electron chi connectivity index (χ0n) is 19.0. The van der Waals surface area contributed by atoms with Crippen molar-refractivity contribution in [2.45, 2.75) is 50.6 Å². The normalized spacial score (nSPS) is 19.0. The van der Waals surface area contributed by atoms with E-state index in [2.05, 4.69) is 15.5 Å². The van der Waals surface area contributed by atoms with Gasteiger partial charge < -0.3 is 20.0 Å². The predicted octanol–water partition coefficient (Wildman–Crippen LogP) is 3.24. The van der Waals surface area contributed by atoms with Crippen molar-refractivity contribution in [2.24, 2.45) is 0 Å². The summed E-state index contributed by atoms with van der Waals surface area (Å²) < 4.78 is 19.8. The number of amides is 2. The van der Waals surface area contributed by atoms with E-state index in [0.29, 0.717) is 31.9 Å². The Bertz CT molecular complexity index is 904. The van der Waals surface area contributed by atoms with Gasteiger partial charge in [0.2, 0.25) is 0 Å². The third-order valence-electron chi connectivity index (χ3n) is 6.67. The van der Waals surface area contributed by atoms with E-state index in [1.54, 1.807) is 18.4 Å². The minimum atomic E-state index is -0.610. The lowest BCUT2D eigenvalue weighted by atomic mass is 10.1. The number of rotatable bonds is 6. The van der Waals surface area contributed by atoms with Crippen LogP contribution in [0.25, 0.3) is 0 Å². The van der Waals surface area contributed by atoms with Gasteiger partial charge in [-0.15, -0.1) is 0 Å². The number of furan rings is 1. The lowest BCUT2D eigenvalue weighted by molar-refractivity contribution is -0.139. The van der Waals surface area contributed by atoms with Crippen molar-refractivity contribution in [3.63, 3.8) is 0 Å². The quantitative estimate of drug-likeness (QED) is 0.516. The number of piperazine rings is 1. The predicted molar refractivity (Wildman–Crippen MR) is 124 cm³/mol. The van der Waals surface area contributed by atoms with Gasteiger partial charge in [0.15, 0.2) is 0 Å². The molecule has 0 unspecified atom stereocenters. The van der Waals surface area contributed by atoms with E-state index in [4.69, 9.17) is 4.42 Å². The van der Waals surface area contributed by atoms with E-state index in [1.807, 2.05) is 23.1 Å². The Morgan fingerprint density at radius 3 is 2.36 bits per heavy atom. The summed E-state index contributed by atoms with van der Waals surface area (Å²) in [5.74, 6) is -0.662. The number of carbonyl (C=O) groups is 2. The minimum Gasteiger partial charge on any atom is -0.468 e. The first-order valence-corrected chi connectivity index (χ1v) is 12.0. The van der Waals surface area contributed by atoms with Gasteiger partial charge >= 0.3 is 11.8 Å². The average molecular weight is 457 g/mol. The van der Waals surface area contributed by atoms with Crippen molar-refractivity contribution >= 4 is 17.5 Å².